The summed E-state index contributed by atoms with van der Waals surface area (Å²) in [5, 5.41) is 9.21. The normalized spacial score (nSPS) is 19.1. The Kier molecular flexibility index (Phi) is 3.81. The minimum absolute atomic E-state index is 0.0552. The third kappa shape index (κ3) is 2.18. The molecule has 5 heteroatoms. The standard InChI is InChI=1S/C13H16FNO3/c1-18-11-6-2-5-10(14)12(11)13(17)15-7-3-4-9(15)8-16/h2,5-6,9,16H,3-4,7-8H2,1H3. The average molecular weight is 253 g/mol. The number of rotatable bonds is 3. The number of ether oxygens (including phenoxy) is 1. The Morgan fingerprint density at radius 1 is 1.61 bits per heavy atom. The first-order chi connectivity index (χ1) is 8.69. The number of carbonyl (C=O) groups excluding carboxylic acids is 1. The molecule has 0 aromatic heterocycles. The van der Waals surface area contributed by atoms with Crippen LogP contribution >= 0.6 is 0 Å². The highest BCUT2D eigenvalue weighted by atomic mass is 19.1. The van der Waals surface area contributed by atoms with Gasteiger partial charge in [-0.15, -0.1) is 0 Å². The highest BCUT2D eigenvalue weighted by molar-refractivity contribution is 5.97. The Morgan fingerprint density at radius 2 is 2.39 bits per heavy atom. The number of likely N-dealkylation sites (tertiary alicyclic amines) is 1. The van der Waals surface area contributed by atoms with Crippen LogP contribution in [0.4, 0.5) is 4.39 Å². The fourth-order valence-electron chi connectivity index (χ4n) is 2.32. The summed E-state index contributed by atoms with van der Waals surface area (Å²) in [6.07, 6.45) is 1.58. The lowest BCUT2D eigenvalue weighted by molar-refractivity contribution is 0.0669. The maximum Gasteiger partial charge on any atom is 0.260 e. The van der Waals surface area contributed by atoms with E-state index in [-0.39, 0.29) is 24.0 Å². The molecule has 98 valence electrons. The van der Waals surface area contributed by atoms with E-state index in [2.05, 4.69) is 0 Å². The second kappa shape index (κ2) is 5.35. The molecule has 2 rings (SSSR count). The van der Waals surface area contributed by atoms with Gasteiger partial charge in [-0.3, -0.25) is 4.79 Å². The van der Waals surface area contributed by atoms with Crippen LogP contribution in [-0.4, -0.2) is 42.2 Å². The Morgan fingerprint density at radius 3 is 3.06 bits per heavy atom. The minimum atomic E-state index is -0.595. The monoisotopic (exact) mass is 253 g/mol. The topological polar surface area (TPSA) is 49.8 Å². The third-order valence-electron chi connectivity index (χ3n) is 3.26. The summed E-state index contributed by atoms with van der Waals surface area (Å²) in [4.78, 5) is 13.8. The molecule has 1 saturated heterocycles. The van der Waals surface area contributed by atoms with Gasteiger partial charge in [-0.05, 0) is 25.0 Å². The zero-order chi connectivity index (χ0) is 13.1. The van der Waals surface area contributed by atoms with Crippen LogP contribution in [0.15, 0.2) is 18.2 Å². The number of halogens is 1. The molecule has 0 spiro atoms. The van der Waals surface area contributed by atoms with E-state index in [1.165, 1.54) is 24.1 Å². The number of hydrogen-bond acceptors (Lipinski definition) is 3. The summed E-state index contributed by atoms with van der Waals surface area (Å²) in [6, 6.07) is 4.07. The number of hydrogen-bond donors (Lipinski definition) is 1. The van der Waals surface area contributed by atoms with Gasteiger partial charge in [0.25, 0.3) is 5.91 Å². The van der Waals surface area contributed by atoms with Crippen molar-refractivity contribution in [1.82, 2.24) is 4.90 Å². The lowest BCUT2D eigenvalue weighted by Gasteiger charge is -2.24. The van der Waals surface area contributed by atoms with Gasteiger partial charge in [0.2, 0.25) is 0 Å². The molecule has 1 unspecified atom stereocenters. The molecule has 1 aliphatic heterocycles. The quantitative estimate of drug-likeness (QED) is 0.886. The van der Waals surface area contributed by atoms with Gasteiger partial charge in [0.05, 0.1) is 19.8 Å². The molecule has 1 heterocycles. The van der Waals surface area contributed by atoms with Gasteiger partial charge >= 0.3 is 0 Å². The molecule has 1 N–H and O–H groups in total. The van der Waals surface area contributed by atoms with Crippen LogP contribution in [0.1, 0.15) is 23.2 Å². The highest BCUT2D eigenvalue weighted by Gasteiger charge is 2.31. The van der Waals surface area contributed by atoms with Gasteiger partial charge in [0.1, 0.15) is 17.1 Å². The van der Waals surface area contributed by atoms with Crippen LogP contribution < -0.4 is 4.74 Å². The van der Waals surface area contributed by atoms with Crippen molar-refractivity contribution < 1.29 is 19.0 Å². The van der Waals surface area contributed by atoms with E-state index in [0.717, 1.165) is 12.8 Å². The van der Waals surface area contributed by atoms with E-state index in [1.807, 2.05) is 0 Å². The van der Waals surface area contributed by atoms with Crippen LogP contribution in [0.2, 0.25) is 0 Å². The van der Waals surface area contributed by atoms with E-state index in [1.54, 1.807) is 6.07 Å². The summed E-state index contributed by atoms with van der Waals surface area (Å²) in [5.74, 6) is -0.784. The van der Waals surface area contributed by atoms with Crippen molar-refractivity contribution in [1.29, 1.82) is 0 Å². The first kappa shape index (κ1) is 12.8. The van der Waals surface area contributed by atoms with Crippen molar-refractivity contribution in [2.75, 3.05) is 20.3 Å². The molecule has 4 nitrogen and oxygen atoms in total. The van der Waals surface area contributed by atoms with Crippen LogP contribution in [-0.2, 0) is 0 Å². The van der Waals surface area contributed by atoms with Gasteiger partial charge in [0, 0.05) is 6.54 Å². The first-order valence-electron chi connectivity index (χ1n) is 5.93. The van der Waals surface area contributed by atoms with Crippen LogP contribution in [0.3, 0.4) is 0 Å². The van der Waals surface area contributed by atoms with E-state index >= 15 is 0 Å². The summed E-state index contributed by atoms with van der Waals surface area (Å²) in [5.41, 5.74) is -0.0552. The smallest absolute Gasteiger partial charge is 0.260 e. The summed E-state index contributed by atoms with van der Waals surface area (Å²) in [7, 11) is 1.40. The number of aliphatic hydroxyl groups excluding tert-OH is 1. The van der Waals surface area contributed by atoms with Crippen LogP contribution in [0.5, 0.6) is 5.75 Å². The molecule has 1 aromatic carbocycles. The Hall–Kier alpha value is -1.62. The maximum atomic E-state index is 13.8. The van der Waals surface area contributed by atoms with E-state index < -0.39 is 11.7 Å². The van der Waals surface area contributed by atoms with Crippen molar-refractivity contribution in [2.24, 2.45) is 0 Å². The number of nitrogens with zero attached hydrogens (tertiary/aromatic N) is 1. The maximum absolute atomic E-state index is 13.8. The largest absolute Gasteiger partial charge is 0.496 e. The fourth-order valence-corrected chi connectivity index (χ4v) is 2.32. The molecular weight excluding hydrogens is 237 g/mol. The summed E-state index contributed by atoms with van der Waals surface area (Å²) >= 11 is 0. The number of aliphatic hydroxyl groups is 1. The molecular formula is C13H16FNO3. The average Bonchev–Trinajstić information content (AvgIpc) is 2.85. The molecule has 1 amide bonds. The van der Waals surface area contributed by atoms with Gasteiger partial charge in [-0.25, -0.2) is 4.39 Å². The molecule has 1 atom stereocenters. The van der Waals surface area contributed by atoms with E-state index in [0.29, 0.717) is 6.54 Å². The molecule has 1 aromatic rings. The Labute approximate surface area is 105 Å². The molecule has 1 fully saturated rings. The van der Waals surface area contributed by atoms with Gasteiger partial charge in [-0.1, -0.05) is 6.07 Å². The molecule has 0 bridgehead atoms. The fraction of sp³-hybridized carbons (Fsp3) is 0.462. The second-order valence-electron chi connectivity index (χ2n) is 4.29. The number of methoxy groups -OCH3 is 1. The zero-order valence-corrected chi connectivity index (χ0v) is 10.2. The third-order valence-corrected chi connectivity index (χ3v) is 3.26. The highest BCUT2D eigenvalue weighted by Crippen LogP contribution is 2.26. The van der Waals surface area contributed by atoms with Gasteiger partial charge in [-0.2, -0.15) is 0 Å². The summed E-state index contributed by atoms with van der Waals surface area (Å²) in [6.45, 7) is 0.448. The lowest BCUT2D eigenvalue weighted by atomic mass is 10.1. The summed E-state index contributed by atoms with van der Waals surface area (Å²) < 4.78 is 18.8. The van der Waals surface area contributed by atoms with E-state index in [9.17, 15) is 14.3 Å². The van der Waals surface area contributed by atoms with Gasteiger partial charge in [0.15, 0.2) is 0 Å². The van der Waals surface area contributed by atoms with Crippen molar-refractivity contribution in [3.8, 4) is 5.75 Å². The predicted molar refractivity (Wildman–Crippen MR) is 64.1 cm³/mol. The molecule has 0 radical (unpaired) electrons. The van der Waals surface area contributed by atoms with Crippen LogP contribution in [0, 0.1) is 5.82 Å². The Bertz CT molecular complexity index is 450. The molecule has 18 heavy (non-hydrogen) atoms. The lowest BCUT2D eigenvalue weighted by Crippen LogP contribution is -2.38. The molecule has 0 saturated carbocycles. The molecule has 1 aliphatic rings. The van der Waals surface area contributed by atoms with E-state index in [4.69, 9.17) is 4.74 Å². The number of carbonyl (C=O) groups is 1. The van der Waals surface area contributed by atoms with Crippen molar-refractivity contribution >= 4 is 5.91 Å². The molecule has 0 aliphatic carbocycles. The predicted octanol–water partition coefficient (Wildman–Crippen LogP) is 1.43. The number of amides is 1. The Balaban J connectivity index is 2.34. The number of benzene rings is 1. The van der Waals surface area contributed by atoms with Crippen molar-refractivity contribution in [3.05, 3.63) is 29.6 Å². The van der Waals surface area contributed by atoms with Crippen LogP contribution in [0.25, 0.3) is 0 Å². The van der Waals surface area contributed by atoms with Crippen molar-refractivity contribution in [2.45, 2.75) is 18.9 Å². The minimum Gasteiger partial charge on any atom is -0.496 e. The second-order valence-corrected chi connectivity index (χ2v) is 4.29. The zero-order valence-electron chi connectivity index (χ0n) is 10.2. The van der Waals surface area contributed by atoms with Crippen molar-refractivity contribution in [3.63, 3.8) is 0 Å². The van der Waals surface area contributed by atoms with Gasteiger partial charge < -0.3 is 14.7 Å². The first-order valence-corrected chi connectivity index (χ1v) is 5.93. The SMILES string of the molecule is COc1cccc(F)c1C(=O)N1CCCC1CO.